The molecule has 2 aromatic carbocycles. The Morgan fingerprint density at radius 2 is 1.61 bits per heavy atom. The molecule has 0 fully saturated rings. The normalized spacial score (nSPS) is 18.3. The molecule has 0 saturated carbocycles. The molecule has 23 heavy (non-hydrogen) atoms. The monoisotopic (exact) mass is 344 g/mol. The predicted molar refractivity (Wildman–Crippen MR) is 94.0 cm³/mol. The van der Waals surface area contributed by atoms with E-state index in [4.69, 9.17) is 27.9 Å². The molecule has 1 aliphatic rings. The zero-order chi connectivity index (χ0) is 16.2. The van der Waals surface area contributed by atoms with Gasteiger partial charge in [-0.15, -0.1) is 0 Å². The molecule has 0 saturated heterocycles. The summed E-state index contributed by atoms with van der Waals surface area (Å²) in [5.74, 6) is -0.561. The summed E-state index contributed by atoms with van der Waals surface area (Å²) in [5, 5.41) is 0.246. The fourth-order valence-corrected chi connectivity index (χ4v) is 2.83. The third kappa shape index (κ3) is 3.66. The second-order valence-corrected chi connectivity index (χ2v) is 5.99. The van der Waals surface area contributed by atoms with Crippen LogP contribution >= 0.6 is 23.2 Å². The number of halogens is 2. The van der Waals surface area contributed by atoms with Crippen molar-refractivity contribution in [1.29, 1.82) is 0 Å². The van der Waals surface area contributed by atoms with Crippen LogP contribution in [0, 0.1) is 0 Å². The summed E-state index contributed by atoms with van der Waals surface area (Å²) in [6, 6.07) is 19.9. The van der Waals surface area contributed by atoms with E-state index in [1.165, 1.54) is 0 Å². The van der Waals surface area contributed by atoms with Gasteiger partial charge in [0.15, 0.2) is 0 Å². The van der Waals surface area contributed by atoms with Crippen LogP contribution in [0.5, 0.6) is 0 Å². The van der Waals surface area contributed by atoms with Gasteiger partial charge in [-0.1, -0.05) is 89.9 Å². The maximum Gasteiger partial charge on any atom is 0.351 e. The summed E-state index contributed by atoms with van der Waals surface area (Å²) >= 11 is 12.0. The van der Waals surface area contributed by atoms with Crippen LogP contribution in [0.2, 0.25) is 0 Å². The Morgan fingerprint density at radius 3 is 2.17 bits per heavy atom. The summed E-state index contributed by atoms with van der Waals surface area (Å²) in [6.45, 7) is 0. The Balaban J connectivity index is 1.94. The van der Waals surface area contributed by atoms with Crippen molar-refractivity contribution in [3.8, 4) is 0 Å². The zero-order valence-electron chi connectivity index (χ0n) is 12.2. The van der Waals surface area contributed by atoms with E-state index in [1.807, 2.05) is 60.7 Å². The third-order valence-electron chi connectivity index (χ3n) is 3.61. The Bertz CT molecular complexity index is 764. The van der Waals surface area contributed by atoms with Crippen molar-refractivity contribution < 1.29 is 9.53 Å². The van der Waals surface area contributed by atoms with Gasteiger partial charge in [0.05, 0.1) is 5.03 Å². The molecule has 2 aromatic rings. The van der Waals surface area contributed by atoms with Crippen molar-refractivity contribution in [2.45, 2.75) is 12.5 Å². The largest absolute Gasteiger partial charge is 0.452 e. The SMILES string of the molecule is O=C1OC(C/C(=C/c2ccccc2)c2ccccc2)C(Cl)=C1Cl. The molecule has 116 valence electrons. The van der Waals surface area contributed by atoms with Gasteiger partial charge >= 0.3 is 5.97 Å². The number of carbonyl (C=O) groups is 1. The van der Waals surface area contributed by atoms with Crippen LogP contribution < -0.4 is 0 Å². The second-order valence-electron chi connectivity index (χ2n) is 5.21. The summed E-state index contributed by atoms with van der Waals surface area (Å²) in [6.07, 6.45) is 2.01. The Kier molecular flexibility index (Phi) is 4.85. The van der Waals surface area contributed by atoms with Gasteiger partial charge in [0.1, 0.15) is 11.1 Å². The number of benzene rings is 2. The van der Waals surface area contributed by atoms with Crippen LogP contribution in [-0.2, 0) is 9.53 Å². The Morgan fingerprint density at radius 1 is 1.00 bits per heavy atom. The lowest BCUT2D eigenvalue weighted by Gasteiger charge is -2.14. The minimum absolute atomic E-state index is 0.0243. The first kappa shape index (κ1) is 15.9. The van der Waals surface area contributed by atoms with Crippen LogP contribution in [0.1, 0.15) is 17.5 Å². The van der Waals surface area contributed by atoms with Crippen molar-refractivity contribution in [3.63, 3.8) is 0 Å². The Labute approximate surface area is 145 Å². The third-order valence-corrected chi connectivity index (χ3v) is 4.50. The molecular weight excluding hydrogens is 331 g/mol. The highest BCUT2D eigenvalue weighted by molar-refractivity contribution is 6.48. The van der Waals surface area contributed by atoms with E-state index in [2.05, 4.69) is 6.08 Å². The lowest BCUT2D eigenvalue weighted by atomic mass is 9.97. The molecule has 0 amide bonds. The molecule has 0 aromatic heterocycles. The van der Waals surface area contributed by atoms with Crippen molar-refractivity contribution in [1.82, 2.24) is 0 Å². The smallest absolute Gasteiger partial charge is 0.351 e. The average Bonchev–Trinajstić information content (AvgIpc) is 2.83. The van der Waals surface area contributed by atoms with Crippen LogP contribution in [0.25, 0.3) is 11.6 Å². The standard InChI is InChI=1S/C19H14Cl2O2/c20-17-16(23-19(22)18(17)21)12-15(14-9-5-2-6-10-14)11-13-7-3-1-4-8-13/h1-11,16H,12H2/b15-11-. The van der Waals surface area contributed by atoms with Gasteiger partial charge in [-0.3, -0.25) is 0 Å². The van der Waals surface area contributed by atoms with Gasteiger partial charge < -0.3 is 4.74 Å². The van der Waals surface area contributed by atoms with Gasteiger partial charge in [-0.2, -0.15) is 0 Å². The predicted octanol–water partition coefficient (Wildman–Crippen LogP) is 5.23. The molecule has 2 nitrogen and oxygen atoms in total. The maximum absolute atomic E-state index is 11.6. The number of hydrogen-bond acceptors (Lipinski definition) is 2. The number of hydrogen-bond donors (Lipinski definition) is 0. The van der Waals surface area contributed by atoms with E-state index >= 15 is 0 Å². The number of ether oxygens (including phenoxy) is 1. The molecule has 1 aliphatic heterocycles. The van der Waals surface area contributed by atoms with E-state index in [-0.39, 0.29) is 10.1 Å². The van der Waals surface area contributed by atoms with Crippen LogP contribution in [-0.4, -0.2) is 12.1 Å². The second kappa shape index (κ2) is 7.03. The molecule has 1 unspecified atom stereocenters. The molecule has 0 spiro atoms. The minimum Gasteiger partial charge on any atom is -0.452 e. The summed E-state index contributed by atoms with van der Waals surface area (Å²) in [4.78, 5) is 11.6. The molecule has 3 rings (SSSR count). The molecule has 0 bridgehead atoms. The van der Waals surface area contributed by atoms with Crippen molar-refractivity contribution >= 4 is 40.8 Å². The highest BCUT2D eigenvalue weighted by Gasteiger charge is 2.32. The van der Waals surface area contributed by atoms with E-state index in [1.54, 1.807) is 0 Å². The Hall–Kier alpha value is -2.03. The van der Waals surface area contributed by atoms with Gasteiger partial charge in [0.25, 0.3) is 0 Å². The quantitative estimate of drug-likeness (QED) is 0.560. The lowest BCUT2D eigenvalue weighted by Crippen LogP contribution is -2.10. The summed E-state index contributed by atoms with van der Waals surface area (Å²) in [7, 11) is 0. The fourth-order valence-electron chi connectivity index (χ4n) is 2.47. The van der Waals surface area contributed by atoms with Gasteiger partial charge in [0.2, 0.25) is 0 Å². The first-order chi connectivity index (χ1) is 11.1. The van der Waals surface area contributed by atoms with Crippen molar-refractivity contribution in [2.24, 2.45) is 0 Å². The number of cyclic esters (lactones) is 1. The van der Waals surface area contributed by atoms with E-state index < -0.39 is 12.1 Å². The lowest BCUT2D eigenvalue weighted by molar-refractivity contribution is -0.138. The van der Waals surface area contributed by atoms with Crippen LogP contribution in [0.15, 0.2) is 70.7 Å². The van der Waals surface area contributed by atoms with Crippen molar-refractivity contribution in [2.75, 3.05) is 0 Å². The summed E-state index contributed by atoms with van der Waals surface area (Å²) in [5.41, 5.74) is 3.15. The number of rotatable bonds is 4. The molecule has 1 atom stereocenters. The maximum atomic E-state index is 11.6. The highest BCUT2D eigenvalue weighted by atomic mass is 35.5. The topological polar surface area (TPSA) is 26.3 Å². The fraction of sp³-hybridized carbons (Fsp3) is 0.105. The number of esters is 1. The summed E-state index contributed by atoms with van der Waals surface area (Å²) < 4.78 is 5.26. The van der Waals surface area contributed by atoms with E-state index in [0.717, 1.165) is 16.7 Å². The van der Waals surface area contributed by atoms with Gasteiger partial charge in [-0.25, -0.2) is 4.79 Å². The molecule has 1 heterocycles. The first-order valence-corrected chi connectivity index (χ1v) is 7.98. The first-order valence-electron chi connectivity index (χ1n) is 7.22. The molecule has 0 N–H and O–H groups in total. The average molecular weight is 345 g/mol. The minimum atomic E-state index is -0.561. The van der Waals surface area contributed by atoms with Crippen molar-refractivity contribution in [3.05, 3.63) is 81.9 Å². The van der Waals surface area contributed by atoms with Gasteiger partial charge in [0, 0.05) is 6.42 Å². The van der Waals surface area contributed by atoms with Gasteiger partial charge in [-0.05, 0) is 16.7 Å². The molecule has 0 aliphatic carbocycles. The van der Waals surface area contributed by atoms with E-state index in [9.17, 15) is 4.79 Å². The van der Waals surface area contributed by atoms with Crippen LogP contribution in [0.3, 0.4) is 0 Å². The molecular formula is C19H14Cl2O2. The molecule has 0 radical (unpaired) electrons. The van der Waals surface area contributed by atoms with E-state index in [0.29, 0.717) is 6.42 Å². The highest BCUT2D eigenvalue weighted by Crippen LogP contribution is 2.35. The molecule has 4 heteroatoms. The number of carbonyl (C=O) groups excluding carboxylic acids is 1. The van der Waals surface area contributed by atoms with Crippen LogP contribution in [0.4, 0.5) is 0 Å². The zero-order valence-corrected chi connectivity index (χ0v) is 13.7.